The van der Waals surface area contributed by atoms with Gasteiger partial charge in [-0.2, -0.15) is 0 Å². The van der Waals surface area contributed by atoms with Crippen LogP contribution in [-0.2, 0) is 6.54 Å². The van der Waals surface area contributed by atoms with Crippen molar-refractivity contribution in [2.75, 3.05) is 7.11 Å². The molecule has 3 nitrogen and oxygen atoms in total. The van der Waals surface area contributed by atoms with E-state index in [2.05, 4.69) is 21.2 Å². The lowest BCUT2D eigenvalue weighted by atomic mass is 10.2. The summed E-state index contributed by atoms with van der Waals surface area (Å²) in [5, 5.41) is 3.37. The molecule has 0 saturated carbocycles. The third kappa shape index (κ3) is 3.99. The van der Waals surface area contributed by atoms with Gasteiger partial charge in [-0.3, -0.25) is 4.79 Å². The molecule has 0 atom stereocenters. The van der Waals surface area contributed by atoms with E-state index in [1.807, 2.05) is 24.3 Å². The lowest BCUT2D eigenvalue weighted by molar-refractivity contribution is 0.0951. The van der Waals surface area contributed by atoms with E-state index in [0.29, 0.717) is 17.1 Å². The van der Waals surface area contributed by atoms with Crippen molar-refractivity contribution in [1.82, 2.24) is 5.32 Å². The number of rotatable bonds is 4. The average Bonchev–Trinajstić information content (AvgIpc) is 2.44. The van der Waals surface area contributed by atoms with Crippen LogP contribution in [0.2, 0.25) is 5.02 Å². The van der Waals surface area contributed by atoms with Crippen molar-refractivity contribution in [2.45, 2.75) is 6.54 Å². The van der Waals surface area contributed by atoms with E-state index in [1.165, 1.54) is 0 Å². The summed E-state index contributed by atoms with van der Waals surface area (Å²) in [6, 6.07) is 12.6. The zero-order valence-electron chi connectivity index (χ0n) is 10.8. The van der Waals surface area contributed by atoms with Gasteiger partial charge in [-0.05, 0) is 35.9 Å². The van der Waals surface area contributed by atoms with Gasteiger partial charge in [-0.1, -0.05) is 39.7 Å². The number of halogens is 2. The van der Waals surface area contributed by atoms with Gasteiger partial charge in [0.1, 0.15) is 5.75 Å². The van der Waals surface area contributed by atoms with Crippen LogP contribution >= 0.6 is 27.5 Å². The molecule has 0 aliphatic heterocycles. The van der Waals surface area contributed by atoms with E-state index in [0.717, 1.165) is 15.8 Å². The van der Waals surface area contributed by atoms with Crippen LogP contribution in [0.4, 0.5) is 0 Å². The number of carbonyl (C=O) groups is 1. The first-order chi connectivity index (χ1) is 9.58. The molecule has 0 heterocycles. The van der Waals surface area contributed by atoms with Gasteiger partial charge >= 0.3 is 0 Å². The molecule has 0 bridgehead atoms. The van der Waals surface area contributed by atoms with E-state index in [4.69, 9.17) is 16.3 Å². The largest absolute Gasteiger partial charge is 0.497 e. The number of methoxy groups -OCH3 is 1. The van der Waals surface area contributed by atoms with Crippen LogP contribution in [-0.4, -0.2) is 13.0 Å². The zero-order valence-corrected chi connectivity index (χ0v) is 13.2. The van der Waals surface area contributed by atoms with Crippen molar-refractivity contribution >= 4 is 33.4 Å². The van der Waals surface area contributed by atoms with Crippen molar-refractivity contribution in [3.63, 3.8) is 0 Å². The Hall–Kier alpha value is -1.52. The number of hydrogen-bond acceptors (Lipinski definition) is 2. The number of amides is 1. The number of hydrogen-bond donors (Lipinski definition) is 1. The molecule has 104 valence electrons. The number of carbonyl (C=O) groups excluding carboxylic acids is 1. The predicted octanol–water partition coefficient (Wildman–Crippen LogP) is 4.04. The Kier molecular flexibility index (Phi) is 5.04. The monoisotopic (exact) mass is 353 g/mol. The Morgan fingerprint density at radius 3 is 2.55 bits per heavy atom. The summed E-state index contributed by atoms with van der Waals surface area (Å²) < 4.78 is 5.86. The molecular weight excluding hydrogens is 342 g/mol. The Balaban J connectivity index is 2.00. The highest BCUT2D eigenvalue weighted by atomic mass is 79.9. The summed E-state index contributed by atoms with van der Waals surface area (Å²) >= 11 is 9.24. The lowest BCUT2D eigenvalue weighted by Crippen LogP contribution is -2.22. The Labute approximate surface area is 131 Å². The first-order valence-electron chi connectivity index (χ1n) is 5.95. The van der Waals surface area contributed by atoms with Gasteiger partial charge in [0.15, 0.2) is 0 Å². The van der Waals surface area contributed by atoms with E-state index in [9.17, 15) is 4.79 Å². The maximum absolute atomic E-state index is 12.0. The highest BCUT2D eigenvalue weighted by molar-refractivity contribution is 9.10. The zero-order chi connectivity index (χ0) is 14.5. The fourth-order valence-corrected chi connectivity index (χ4v) is 2.57. The minimum Gasteiger partial charge on any atom is -0.497 e. The average molecular weight is 355 g/mol. The highest BCUT2D eigenvalue weighted by Gasteiger charge is 2.07. The third-order valence-electron chi connectivity index (χ3n) is 2.74. The molecular formula is C15H13BrClNO2. The van der Waals surface area contributed by atoms with Crippen LogP contribution < -0.4 is 10.1 Å². The standard InChI is InChI=1S/C15H13BrClNO2/c1-20-14-4-2-10(3-5-14)9-18-15(19)11-6-12(16)8-13(17)7-11/h2-8H,9H2,1H3,(H,18,19). The molecule has 0 fully saturated rings. The molecule has 0 aromatic heterocycles. The fourth-order valence-electron chi connectivity index (χ4n) is 1.71. The van der Waals surface area contributed by atoms with Crippen molar-refractivity contribution in [3.8, 4) is 5.75 Å². The van der Waals surface area contributed by atoms with Gasteiger partial charge in [0.05, 0.1) is 7.11 Å². The summed E-state index contributed by atoms with van der Waals surface area (Å²) in [6.07, 6.45) is 0. The molecule has 0 unspecified atom stereocenters. The quantitative estimate of drug-likeness (QED) is 0.900. The number of ether oxygens (including phenoxy) is 1. The Morgan fingerprint density at radius 2 is 1.95 bits per heavy atom. The predicted molar refractivity (Wildman–Crippen MR) is 83.3 cm³/mol. The van der Waals surface area contributed by atoms with E-state index < -0.39 is 0 Å². The summed E-state index contributed by atoms with van der Waals surface area (Å²) in [6.45, 7) is 0.451. The van der Waals surface area contributed by atoms with Crippen LogP contribution in [0, 0.1) is 0 Å². The molecule has 0 saturated heterocycles. The van der Waals surface area contributed by atoms with E-state index >= 15 is 0 Å². The lowest BCUT2D eigenvalue weighted by Gasteiger charge is -2.07. The van der Waals surface area contributed by atoms with Gasteiger partial charge in [0, 0.05) is 21.6 Å². The SMILES string of the molecule is COc1ccc(CNC(=O)c2cc(Cl)cc(Br)c2)cc1. The second-order valence-corrected chi connectivity index (χ2v) is 5.54. The molecule has 1 amide bonds. The molecule has 2 aromatic rings. The summed E-state index contributed by atoms with van der Waals surface area (Å²) in [4.78, 5) is 12.0. The molecule has 2 aromatic carbocycles. The Morgan fingerprint density at radius 1 is 1.25 bits per heavy atom. The minimum atomic E-state index is -0.163. The maximum Gasteiger partial charge on any atom is 0.251 e. The van der Waals surface area contributed by atoms with Crippen molar-refractivity contribution < 1.29 is 9.53 Å². The van der Waals surface area contributed by atoms with Crippen molar-refractivity contribution in [1.29, 1.82) is 0 Å². The van der Waals surface area contributed by atoms with Gasteiger partial charge < -0.3 is 10.1 Å². The van der Waals surface area contributed by atoms with E-state index in [-0.39, 0.29) is 5.91 Å². The smallest absolute Gasteiger partial charge is 0.251 e. The topological polar surface area (TPSA) is 38.3 Å². The summed E-state index contributed by atoms with van der Waals surface area (Å²) in [5.41, 5.74) is 1.53. The molecule has 0 aliphatic rings. The second kappa shape index (κ2) is 6.77. The molecule has 20 heavy (non-hydrogen) atoms. The van der Waals surface area contributed by atoms with Crippen LogP contribution in [0.3, 0.4) is 0 Å². The molecule has 1 N–H and O–H groups in total. The number of nitrogens with one attached hydrogen (secondary N) is 1. The van der Waals surface area contributed by atoms with Gasteiger partial charge in [-0.15, -0.1) is 0 Å². The fraction of sp³-hybridized carbons (Fsp3) is 0.133. The van der Waals surface area contributed by atoms with Crippen LogP contribution in [0.25, 0.3) is 0 Å². The Bertz CT molecular complexity index is 594. The van der Waals surface area contributed by atoms with Crippen molar-refractivity contribution in [3.05, 3.63) is 63.1 Å². The third-order valence-corrected chi connectivity index (χ3v) is 3.41. The van der Waals surface area contributed by atoms with Gasteiger partial charge in [0.25, 0.3) is 5.91 Å². The second-order valence-electron chi connectivity index (χ2n) is 4.19. The first kappa shape index (κ1) is 14.9. The van der Waals surface area contributed by atoms with E-state index in [1.54, 1.807) is 25.3 Å². The molecule has 0 aliphatic carbocycles. The van der Waals surface area contributed by atoms with Gasteiger partial charge in [0.2, 0.25) is 0 Å². The molecule has 5 heteroatoms. The molecule has 2 rings (SSSR count). The van der Waals surface area contributed by atoms with Crippen molar-refractivity contribution in [2.24, 2.45) is 0 Å². The number of benzene rings is 2. The maximum atomic E-state index is 12.0. The molecule has 0 spiro atoms. The van der Waals surface area contributed by atoms with Crippen LogP contribution in [0.15, 0.2) is 46.9 Å². The normalized spacial score (nSPS) is 10.2. The van der Waals surface area contributed by atoms with Gasteiger partial charge in [-0.25, -0.2) is 0 Å². The van der Waals surface area contributed by atoms with Crippen LogP contribution in [0.1, 0.15) is 15.9 Å². The van der Waals surface area contributed by atoms with Crippen LogP contribution in [0.5, 0.6) is 5.75 Å². The first-order valence-corrected chi connectivity index (χ1v) is 7.13. The molecule has 0 radical (unpaired) electrons. The summed E-state index contributed by atoms with van der Waals surface area (Å²) in [5.74, 6) is 0.628. The summed E-state index contributed by atoms with van der Waals surface area (Å²) in [7, 11) is 1.62. The minimum absolute atomic E-state index is 0.163. The highest BCUT2D eigenvalue weighted by Crippen LogP contribution is 2.19.